The van der Waals surface area contributed by atoms with Crippen molar-refractivity contribution in [1.82, 2.24) is 19.8 Å². The summed E-state index contributed by atoms with van der Waals surface area (Å²) in [4.78, 5) is 0. The van der Waals surface area contributed by atoms with Crippen molar-refractivity contribution in [2.24, 2.45) is 5.73 Å². The van der Waals surface area contributed by atoms with Crippen LogP contribution in [-0.2, 0) is 0 Å². The molecule has 6 nitrogen and oxygen atoms in total. The average molecular weight is 369 g/mol. The van der Waals surface area contributed by atoms with Gasteiger partial charge in [-0.15, -0.1) is 15.3 Å². The number of nitrogens with two attached hydrogens (primary N) is 1. The van der Waals surface area contributed by atoms with Crippen LogP contribution in [0, 0.1) is 5.82 Å². The van der Waals surface area contributed by atoms with Crippen molar-refractivity contribution in [3.05, 3.63) is 82.9 Å². The maximum atomic E-state index is 13.1. The second kappa shape index (κ2) is 6.70. The zero-order valence-corrected chi connectivity index (χ0v) is 14.2. The molecule has 0 saturated heterocycles. The minimum atomic E-state index is -0.584. The largest absolute Gasteiger partial charge is 0.339 e. The molecule has 0 saturated carbocycles. The lowest BCUT2D eigenvalue weighted by Gasteiger charge is -2.11. The van der Waals surface area contributed by atoms with Crippen molar-refractivity contribution in [2.45, 2.75) is 6.04 Å². The highest BCUT2D eigenvalue weighted by Gasteiger charge is 2.17. The summed E-state index contributed by atoms with van der Waals surface area (Å²) in [5, 5.41) is 16.5. The molecule has 0 radical (unpaired) electrons. The van der Waals surface area contributed by atoms with Gasteiger partial charge in [0.05, 0.1) is 6.04 Å². The first-order valence-corrected chi connectivity index (χ1v) is 8.24. The zero-order valence-electron chi connectivity index (χ0n) is 13.5. The van der Waals surface area contributed by atoms with Crippen LogP contribution in [-0.4, -0.2) is 19.8 Å². The Kier molecular flexibility index (Phi) is 4.24. The van der Waals surface area contributed by atoms with Crippen molar-refractivity contribution in [3.8, 4) is 0 Å². The van der Waals surface area contributed by atoms with Crippen LogP contribution in [0.15, 0.2) is 60.7 Å². The molecule has 0 spiro atoms. The van der Waals surface area contributed by atoms with Gasteiger partial charge in [-0.25, -0.2) is 4.39 Å². The Morgan fingerprint density at radius 3 is 2.62 bits per heavy atom. The molecule has 3 N–H and O–H groups in total. The number of nitrogens with zero attached hydrogens (tertiary/aromatic N) is 4. The number of benzene rings is 2. The average Bonchev–Trinajstić information content (AvgIpc) is 3.05. The molecular formula is C18H14ClFN6. The van der Waals surface area contributed by atoms with E-state index >= 15 is 0 Å². The van der Waals surface area contributed by atoms with Crippen LogP contribution < -0.4 is 11.1 Å². The molecule has 0 fully saturated rings. The van der Waals surface area contributed by atoms with Gasteiger partial charge in [0.1, 0.15) is 5.82 Å². The summed E-state index contributed by atoms with van der Waals surface area (Å²) in [7, 11) is 0. The quantitative estimate of drug-likeness (QED) is 0.574. The van der Waals surface area contributed by atoms with E-state index in [0.29, 0.717) is 22.3 Å². The highest BCUT2D eigenvalue weighted by Crippen LogP contribution is 2.21. The van der Waals surface area contributed by atoms with Crippen molar-refractivity contribution < 1.29 is 4.39 Å². The molecule has 8 heteroatoms. The van der Waals surface area contributed by atoms with Crippen LogP contribution in [0.2, 0.25) is 5.02 Å². The number of hydrogen-bond acceptors (Lipinski definition) is 5. The van der Waals surface area contributed by atoms with Gasteiger partial charge >= 0.3 is 0 Å². The summed E-state index contributed by atoms with van der Waals surface area (Å²) in [5.74, 6) is 0.728. The first-order chi connectivity index (χ1) is 12.6. The van der Waals surface area contributed by atoms with E-state index in [0.717, 1.165) is 11.3 Å². The van der Waals surface area contributed by atoms with Crippen LogP contribution in [0.25, 0.3) is 5.65 Å². The number of anilines is 2. The standard InChI is InChI=1S/C18H14ClFN6/c19-12-2-1-3-14(10-12)22-15-8-9-16-23-24-18(26(16)25-15)17(21)11-4-6-13(20)7-5-11/h1-10,17H,21H2,(H,22,25). The van der Waals surface area contributed by atoms with E-state index in [1.54, 1.807) is 40.9 Å². The molecule has 2 aromatic carbocycles. The van der Waals surface area contributed by atoms with Crippen molar-refractivity contribution in [1.29, 1.82) is 0 Å². The van der Waals surface area contributed by atoms with E-state index < -0.39 is 6.04 Å². The molecule has 130 valence electrons. The van der Waals surface area contributed by atoms with Crippen molar-refractivity contribution in [2.75, 3.05) is 5.32 Å². The minimum Gasteiger partial charge on any atom is -0.339 e. The minimum absolute atomic E-state index is 0.321. The highest BCUT2D eigenvalue weighted by atomic mass is 35.5. The van der Waals surface area contributed by atoms with Gasteiger partial charge in [-0.05, 0) is 48.0 Å². The number of nitrogens with one attached hydrogen (secondary N) is 1. The Balaban J connectivity index is 1.69. The number of hydrogen-bond donors (Lipinski definition) is 2. The summed E-state index contributed by atoms with van der Waals surface area (Å²) in [6.45, 7) is 0. The fourth-order valence-electron chi connectivity index (χ4n) is 2.60. The van der Waals surface area contributed by atoms with Gasteiger partial charge in [-0.1, -0.05) is 29.8 Å². The third-order valence-corrected chi connectivity index (χ3v) is 4.13. The molecule has 0 aliphatic heterocycles. The second-order valence-corrected chi connectivity index (χ2v) is 6.15. The lowest BCUT2D eigenvalue weighted by atomic mass is 10.1. The Bertz CT molecular complexity index is 1060. The van der Waals surface area contributed by atoms with Gasteiger partial charge in [0.15, 0.2) is 17.3 Å². The fraction of sp³-hybridized carbons (Fsp3) is 0.0556. The van der Waals surface area contributed by atoms with Crippen LogP contribution in [0.1, 0.15) is 17.4 Å². The van der Waals surface area contributed by atoms with E-state index in [1.807, 2.05) is 12.1 Å². The lowest BCUT2D eigenvalue weighted by Crippen LogP contribution is -2.16. The van der Waals surface area contributed by atoms with Crippen LogP contribution in [0.5, 0.6) is 0 Å². The Hall–Kier alpha value is -3.03. The normalized spacial score (nSPS) is 12.3. The van der Waals surface area contributed by atoms with Gasteiger partial charge in [-0.2, -0.15) is 4.52 Å². The first kappa shape index (κ1) is 16.4. The molecule has 26 heavy (non-hydrogen) atoms. The van der Waals surface area contributed by atoms with E-state index in [1.165, 1.54) is 12.1 Å². The Morgan fingerprint density at radius 2 is 1.85 bits per heavy atom. The van der Waals surface area contributed by atoms with E-state index in [4.69, 9.17) is 17.3 Å². The fourth-order valence-corrected chi connectivity index (χ4v) is 2.79. The number of halogens is 2. The molecule has 4 aromatic rings. The third kappa shape index (κ3) is 3.22. The van der Waals surface area contributed by atoms with Crippen LogP contribution in [0.3, 0.4) is 0 Å². The molecule has 4 rings (SSSR count). The molecule has 1 atom stereocenters. The maximum absolute atomic E-state index is 13.1. The molecule has 0 amide bonds. The smallest absolute Gasteiger partial charge is 0.178 e. The zero-order chi connectivity index (χ0) is 18.1. The van der Waals surface area contributed by atoms with E-state index in [2.05, 4.69) is 20.6 Å². The van der Waals surface area contributed by atoms with Gasteiger partial charge in [0, 0.05) is 10.7 Å². The SMILES string of the molecule is NC(c1ccc(F)cc1)c1nnc2ccc(Nc3cccc(Cl)c3)nn12. The molecule has 1 unspecified atom stereocenters. The number of fused-ring (bicyclic) bond motifs is 1. The third-order valence-electron chi connectivity index (χ3n) is 3.89. The Morgan fingerprint density at radius 1 is 1.04 bits per heavy atom. The van der Waals surface area contributed by atoms with Crippen molar-refractivity contribution in [3.63, 3.8) is 0 Å². The van der Waals surface area contributed by atoms with E-state index in [-0.39, 0.29) is 5.82 Å². The number of rotatable bonds is 4. The Labute approximate surface area is 153 Å². The molecule has 0 aliphatic rings. The topological polar surface area (TPSA) is 81.1 Å². The molecule has 0 bridgehead atoms. The molecule has 2 heterocycles. The first-order valence-electron chi connectivity index (χ1n) is 7.86. The van der Waals surface area contributed by atoms with Gasteiger partial charge < -0.3 is 11.1 Å². The van der Waals surface area contributed by atoms with Gasteiger partial charge in [0.2, 0.25) is 0 Å². The van der Waals surface area contributed by atoms with Crippen LogP contribution >= 0.6 is 11.6 Å². The predicted octanol–water partition coefficient (Wildman–Crippen LogP) is 3.71. The summed E-state index contributed by atoms with van der Waals surface area (Å²) in [6.07, 6.45) is 0. The van der Waals surface area contributed by atoms with Gasteiger partial charge in [-0.3, -0.25) is 0 Å². The molecule has 2 aromatic heterocycles. The highest BCUT2D eigenvalue weighted by molar-refractivity contribution is 6.30. The summed E-state index contributed by atoms with van der Waals surface area (Å²) < 4.78 is 14.7. The van der Waals surface area contributed by atoms with Crippen molar-refractivity contribution >= 4 is 28.8 Å². The number of aromatic nitrogens is 4. The monoisotopic (exact) mass is 368 g/mol. The van der Waals surface area contributed by atoms with Gasteiger partial charge in [0.25, 0.3) is 0 Å². The predicted molar refractivity (Wildman–Crippen MR) is 97.9 cm³/mol. The van der Waals surface area contributed by atoms with Crippen LogP contribution in [0.4, 0.5) is 15.9 Å². The lowest BCUT2D eigenvalue weighted by molar-refractivity contribution is 0.625. The summed E-state index contributed by atoms with van der Waals surface area (Å²) in [6, 6.07) is 16.3. The maximum Gasteiger partial charge on any atom is 0.178 e. The van der Waals surface area contributed by atoms with E-state index in [9.17, 15) is 4.39 Å². The summed E-state index contributed by atoms with van der Waals surface area (Å²) >= 11 is 6.01. The second-order valence-electron chi connectivity index (χ2n) is 5.71. The molecule has 0 aliphatic carbocycles. The molecular weight excluding hydrogens is 355 g/mol. The summed E-state index contributed by atoms with van der Waals surface area (Å²) in [5.41, 5.74) is 8.37.